The average Bonchev–Trinajstić information content (AvgIpc) is 2.74. The highest BCUT2D eigenvalue weighted by Crippen LogP contribution is 2.06. The minimum Gasteiger partial charge on any atom is -0.396 e. The molecule has 1 aromatic rings. The monoisotopic (exact) mass is 238 g/mol. The Kier molecular flexibility index (Phi) is 4.53. The van der Waals surface area contributed by atoms with Gasteiger partial charge in [0.1, 0.15) is 5.82 Å². The SMILES string of the molecule is Cn1ccnc1CN1CCN(CCCO)CC1. The molecule has 1 aliphatic heterocycles. The van der Waals surface area contributed by atoms with Crippen LogP contribution in [0.1, 0.15) is 12.2 Å². The first-order chi connectivity index (χ1) is 8.29. The summed E-state index contributed by atoms with van der Waals surface area (Å²) >= 11 is 0. The fourth-order valence-corrected chi connectivity index (χ4v) is 2.21. The smallest absolute Gasteiger partial charge is 0.122 e. The third-order valence-electron chi connectivity index (χ3n) is 3.38. The zero-order valence-electron chi connectivity index (χ0n) is 10.5. The fraction of sp³-hybridized carbons (Fsp3) is 0.750. The summed E-state index contributed by atoms with van der Waals surface area (Å²) < 4.78 is 2.08. The van der Waals surface area contributed by atoms with E-state index in [4.69, 9.17) is 5.11 Å². The van der Waals surface area contributed by atoms with E-state index in [2.05, 4.69) is 19.4 Å². The van der Waals surface area contributed by atoms with Crippen LogP contribution in [0.15, 0.2) is 12.4 Å². The van der Waals surface area contributed by atoms with Crippen molar-refractivity contribution in [1.29, 1.82) is 0 Å². The molecule has 0 aromatic carbocycles. The highest BCUT2D eigenvalue weighted by Gasteiger charge is 2.17. The molecule has 0 amide bonds. The Morgan fingerprint density at radius 2 is 1.94 bits per heavy atom. The minimum absolute atomic E-state index is 0.299. The van der Waals surface area contributed by atoms with E-state index in [9.17, 15) is 0 Å². The lowest BCUT2D eigenvalue weighted by atomic mass is 10.3. The zero-order chi connectivity index (χ0) is 12.1. The normalized spacial score (nSPS) is 18.7. The molecule has 5 nitrogen and oxygen atoms in total. The van der Waals surface area contributed by atoms with E-state index in [1.165, 1.54) is 0 Å². The Morgan fingerprint density at radius 1 is 1.24 bits per heavy atom. The maximum atomic E-state index is 8.80. The molecule has 2 heterocycles. The number of rotatable bonds is 5. The van der Waals surface area contributed by atoms with E-state index in [1.54, 1.807) is 0 Å². The molecule has 0 saturated carbocycles. The number of aliphatic hydroxyl groups excluding tert-OH is 1. The summed E-state index contributed by atoms with van der Waals surface area (Å²) in [6, 6.07) is 0. The van der Waals surface area contributed by atoms with Gasteiger partial charge in [-0.1, -0.05) is 0 Å². The molecule has 0 spiro atoms. The van der Waals surface area contributed by atoms with Crippen LogP contribution < -0.4 is 0 Å². The molecule has 1 aromatic heterocycles. The molecule has 96 valence electrons. The van der Waals surface area contributed by atoms with Crippen LogP contribution in [0.25, 0.3) is 0 Å². The summed E-state index contributed by atoms with van der Waals surface area (Å²) in [4.78, 5) is 9.22. The Labute approximate surface area is 103 Å². The van der Waals surface area contributed by atoms with Crippen LogP contribution in [0.2, 0.25) is 0 Å². The summed E-state index contributed by atoms with van der Waals surface area (Å²) in [5.41, 5.74) is 0. The van der Waals surface area contributed by atoms with Crippen LogP contribution in [0.3, 0.4) is 0 Å². The van der Waals surface area contributed by atoms with Crippen LogP contribution >= 0.6 is 0 Å². The first kappa shape index (κ1) is 12.5. The predicted molar refractivity (Wildman–Crippen MR) is 66.6 cm³/mol. The molecule has 0 atom stereocenters. The Bertz CT molecular complexity index is 331. The largest absolute Gasteiger partial charge is 0.396 e. The fourth-order valence-electron chi connectivity index (χ4n) is 2.21. The lowest BCUT2D eigenvalue weighted by Crippen LogP contribution is -2.46. The minimum atomic E-state index is 0.299. The second-order valence-electron chi connectivity index (χ2n) is 4.65. The van der Waals surface area contributed by atoms with Crippen molar-refractivity contribution in [2.45, 2.75) is 13.0 Å². The van der Waals surface area contributed by atoms with Crippen molar-refractivity contribution in [2.24, 2.45) is 7.05 Å². The Hall–Kier alpha value is -0.910. The molecule has 0 unspecified atom stereocenters. The van der Waals surface area contributed by atoms with Gasteiger partial charge in [0.15, 0.2) is 0 Å². The average molecular weight is 238 g/mol. The number of hydrogen-bond acceptors (Lipinski definition) is 4. The van der Waals surface area contributed by atoms with Crippen molar-refractivity contribution in [3.63, 3.8) is 0 Å². The van der Waals surface area contributed by atoms with Crippen LogP contribution in [0.4, 0.5) is 0 Å². The van der Waals surface area contributed by atoms with Crippen LogP contribution in [-0.2, 0) is 13.6 Å². The molecule has 17 heavy (non-hydrogen) atoms. The lowest BCUT2D eigenvalue weighted by molar-refractivity contribution is 0.117. The van der Waals surface area contributed by atoms with Gasteiger partial charge in [-0.3, -0.25) is 4.90 Å². The molecule has 1 saturated heterocycles. The van der Waals surface area contributed by atoms with Crippen molar-refractivity contribution in [1.82, 2.24) is 19.4 Å². The highest BCUT2D eigenvalue weighted by atomic mass is 16.3. The summed E-state index contributed by atoms with van der Waals surface area (Å²) in [6.45, 7) is 6.66. The van der Waals surface area contributed by atoms with Gasteiger partial charge in [0, 0.05) is 58.8 Å². The number of aromatic nitrogens is 2. The lowest BCUT2D eigenvalue weighted by Gasteiger charge is -2.34. The predicted octanol–water partition coefficient (Wildman–Crippen LogP) is -0.0799. The van der Waals surface area contributed by atoms with Gasteiger partial charge in [0.2, 0.25) is 0 Å². The van der Waals surface area contributed by atoms with Gasteiger partial charge >= 0.3 is 0 Å². The number of hydrogen-bond donors (Lipinski definition) is 1. The van der Waals surface area contributed by atoms with Crippen LogP contribution in [0.5, 0.6) is 0 Å². The standard InChI is InChI=1S/C12H22N4O/c1-14-5-3-13-12(14)11-16-8-6-15(7-9-16)4-2-10-17/h3,5,17H,2,4,6-11H2,1H3. The van der Waals surface area contributed by atoms with E-state index in [1.807, 2.05) is 19.4 Å². The number of imidazole rings is 1. The number of nitrogens with zero attached hydrogens (tertiary/aromatic N) is 4. The van der Waals surface area contributed by atoms with E-state index in [0.29, 0.717) is 6.61 Å². The Balaban J connectivity index is 1.74. The molecule has 1 N–H and O–H groups in total. The van der Waals surface area contributed by atoms with Crippen molar-refractivity contribution >= 4 is 0 Å². The van der Waals surface area contributed by atoms with E-state index < -0.39 is 0 Å². The summed E-state index contributed by atoms with van der Waals surface area (Å²) in [7, 11) is 2.04. The highest BCUT2D eigenvalue weighted by molar-refractivity contribution is 4.91. The third-order valence-corrected chi connectivity index (χ3v) is 3.38. The third kappa shape index (κ3) is 3.52. The molecule has 0 bridgehead atoms. The number of aliphatic hydroxyl groups is 1. The summed E-state index contributed by atoms with van der Waals surface area (Å²) in [6.07, 6.45) is 4.74. The van der Waals surface area contributed by atoms with Gasteiger partial charge in [-0.2, -0.15) is 0 Å². The van der Waals surface area contributed by atoms with E-state index >= 15 is 0 Å². The topological polar surface area (TPSA) is 44.5 Å². The van der Waals surface area contributed by atoms with Crippen molar-refractivity contribution in [3.8, 4) is 0 Å². The maximum Gasteiger partial charge on any atom is 0.122 e. The van der Waals surface area contributed by atoms with Crippen molar-refractivity contribution < 1.29 is 5.11 Å². The first-order valence-corrected chi connectivity index (χ1v) is 6.31. The van der Waals surface area contributed by atoms with Gasteiger partial charge in [-0.05, 0) is 6.42 Å². The van der Waals surface area contributed by atoms with Crippen LogP contribution in [-0.4, -0.2) is 63.8 Å². The maximum absolute atomic E-state index is 8.80. The quantitative estimate of drug-likeness (QED) is 0.779. The molecular weight excluding hydrogens is 216 g/mol. The second kappa shape index (κ2) is 6.14. The summed E-state index contributed by atoms with van der Waals surface area (Å²) in [5.74, 6) is 1.13. The molecule has 0 radical (unpaired) electrons. The van der Waals surface area contributed by atoms with E-state index in [-0.39, 0.29) is 0 Å². The number of piperazine rings is 1. The van der Waals surface area contributed by atoms with Gasteiger partial charge in [-0.25, -0.2) is 4.98 Å². The van der Waals surface area contributed by atoms with Crippen LogP contribution in [0, 0.1) is 0 Å². The molecule has 0 aliphatic carbocycles. The molecule has 2 rings (SSSR count). The van der Waals surface area contributed by atoms with Crippen molar-refractivity contribution in [3.05, 3.63) is 18.2 Å². The number of aryl methyl sites for hydroxylation is 1. The summed E-state index contributed by atoms with van der Waals surface area (Å²) in [5, 5.41) is 8.80. The van der Waals surface area contributed by atoms with Gasteiger partial charge in [0.25, 0.3) is 0 Å². The molecule has 1 fully saturated rings. The van der Waals surface area contributed by atoms with Gasteiger partial charge in [-0.15, -0.1) is 0 Å². The molecule has 5 heteroatoms. The zero-order valence-corrected chi connectivity index (χ0v) is 10.5. The molecular formula is C12H22N4O. The van der Waals surface area contributed by atoms with Gasteiger partial charge < -0.3 is 14.6 Å². The Morgan fingerprint density at radius 3 is 2.53 bits per heavy atom. The van der Waals surface area contributed by atoms with E-state index in [0.717, 1.165) is 51.5 Å². The van der Waals surface area contributed by atoms with Gasteiger partial charge in [0.05, 0.1) is 6.54 Å². The van der Waals surface area contributed by atoms with Crippen molar-refractivity contribution in [2.75, 3.05) is 39.3 Å². The first-order valence-electron chi connectivity index (χ1n) is 6.31. The molecule has 1 aliphatic rings. The second-order valence-corrected chi connectivity index (χ2v) is 4.65.